The molecule has 0 bridgehead atoms. The van der Waals surface area contributed by atoms with Crippen molar-refractivity contribution in [3.8, 4) is 56.3 Å². The number of nitrogens with zero attached hydrogens (tertiary/aromatic N) is 5. The highest BCUT2D eigenvalue weighted by Gasteiger charge is 2.27. The zero-order valence-corrected chi connectivity index (χ0v) is 58.5. The van der Waals surface area contributed by atoms with Crippen LogP contribution in [0.25, 0.3) is 56.3 Å². The van der Waals surface area contributed by atoms with Crippen LogP contribution in [0.2, 0.25) is 0 Å². The minimum absolute atomic E-state index is 0.319. The molecule has 5 aromatic carbocycles. The van der Waals surface area contributed by atoms with Crippen molar-refractivity contribution < 1.29 is 37.9 Å². The number of rotatable bonds is 8. The molecule has 3 fully saturated rings. The molecule has 0 aliphatic heterocycles. The minimum atomic E-state index is -2.20. The maximum absolute atomic E-state index is 8.87. The summed E-state index contributed by atoms with van der Waals surface area (Å²) in [5.41, 5.74) is 27.4. The van der Waals surface area contributed by atoms with Gasteiger partial charge in [-0.1, -0.05) is 130 Å². The van der Waals surface area contributed by atoms with E-state index in [4.69, 9.17) is 15.1 Å². The van der Waals surface area contributed by atoms with Crippen molar-refractivity contribution in [1.82, 2.24) is 0 Å². The SMILES string of the molecule is Cc1ccccc1-c1cc(C)c(C2CCCC2)c[n+]1C.[2H]C([2H])([2H])c1c(C)cc(-c2ccccc2C)[n+](C)c1C.[2H]C([2H])([2H])c1c[n+](C)c(-c2ccccc2C)cc1C1([2H])CCCC1.[2H]C([2H])([2H])c1cc(C)cc(-c2ccccc2C)[n+]1C.[2H]C1(c2c[n+](C)c(-c3ccccc3C)cc2C)CCCC1. The Kier molecular flexibility index (Phi) is 18.8. The van der Waals surface area contributed by atoms with Crippen molar-refractivity contribution in [2.45, 2.75) is 185 Å². The second kappa shape index (κ2) is 31.7. The normalized spacial score (nSPS) is 16.7. The number of aromatic nitrogens is 5. The molecule has 0 N–H and O–H groups in total. The molecule has 5 nitrogen and oxygen atoms in total. The molecular weight excluding hydrogens is 1130 g/mol. The molecule has 0 unspecified atom stereocenters. The van der Waals surface area contributed by atoms with Gasteiger partial charge in [0.05, 0.1) is 0 Å². The van der Waals surface area contributed by atoms with Crippen LogP contribution in [-0.2, 0) is 35.2 Å². The van der Waals surface area contributed by atoms with Crippen molar-refractivity contribution in [2.24, 2.45) is 35.2 Å². The van der Waals surface area contributed by atoms with Gasteiger partial charge in [0.25, 0.3) is 0 Å². The van der Waals surface area contributed by atoms with Crippen LogP contribution in [-0.4, -0.2) is 0 Å². The zero-order valence-electron chi connectivity index (χ0n) is 69.5. The van der Waals surface area contributed by atoms with Crippen LogP contribution in [0.15, 0.2) is 176 Å². The fraction of sp³-hybridized carbons (Fsp3) is 0.375. The summed E-state index contributed by atoms with van der Waals surface area (Å²) in [5, 5.41) is 0. The van der Waals surface area contributed by atoms with Gasteiger partial charge in [-0.05, 0) is 218 Å². The maximum atomic E-state index is 8.87. The molecule has 3 saturated carbocycles. The Labute approximate surface area is 577 Å². The molecule has 482 valence electrons. The summed E-state index contributed by atoms with van der Waals surface area (Å²) in [6.07, 6.45) is 19.6. The van der Waals surface area contributed by atoms with E-state index < -0.39 is 26.4 Å². The van der Waals surface area contributed by atoms with E-state index in [1.807, 2.05) is 125 Å². The third-order valence-corrected chi connectivity index (χ3v) is 19.8. The first-order chi connectivity index (χ1) is 48.9. The van der Waals surface area contributed by atoms with Crippen molar-refractivity contribution in [3.05, 3.63) is 266 Å². The molecule has 0 atom stereocenters. The van der Waals surface area contributed by atoms with Gasteiger partial charge in [0.2, 0.25) is 28.5 Å². The third kappa shape index (κ3) is 16.6. The lowest BCUT2D eigenvalue weighted by Crippen LogP contribution is -2.36. The molecule has 3 aliphatic carbocycles. The quantitative estimate of drug-likeness (QED) is 0.135. The second-order valence-electron chi connectivity index (χ2n) is 26.6. The van der Waals surface area contributed by atoms with E-state index in [2.05, 4.69) is 162 Å². The Hall–Kier alpha value is -8.15. The average molecular weight is 1250 g/mol. The summed E-state index contributed by atoms with van der Waals surface area (Å²) < 4.78 is 97.5. The number of hydrogen-bond acceptors (Lipinski definition) is 0. The van der Waals surface area contributed by atoms with Crippen LogP contribution in [0, 0.1) is 89.8 Å². The first-order valence-electron chi connectivity index (χ1n) is 39.3. The Balaban J connectivity index is 0.000000151. The van der Waals surface area contributed by atoms with E-state index in [-0.39, 0.29) is 5.89 Å². The summed E-state index contributed by atoms with van der Waals surface area (Å²) >= 11 is 0. The van der Waals surface area contributed by atoms with Gasteiger partial charge in [0.15, 0.2) is 30.0 Å². The van der Waals surface area contributed by atoms with Gasteiger partial charge in [0, 0.05) is 115 Å². The molecule has 10 aromatic rings. The minimum Gasteiger partial charge on any atom is -0.201 e. The third-order valence-electron chi connectivity index (χ3n) is 19.8. The Morgan fingerprint density at radius 1 is 0.323 bits per heavy atom. The van der Waals surface area contributed by atoms with Crippen LogP contribution in [0.5, 0.6) is 0 Å². The predicted octanol–water partition coefficient (Wildman–Crippen LogP) is 19.9. The summed E-state index contributed by atoms with van der Waals surface area (Å²) in [5.74, 6) is -0.367. The van der Waals surface area contributed by atoms with Crippen molar-refractivity contribution in [1.29, 1.82) is 0 Å². The van der Waals surface area contributed by atoms with E-state index in [0.29, 0.717) is 22.4 Å². The van der Waals surface area contributed by atoms with E-state index in [1.165, 1.54) is 94.4 Å². The molecule has 0 spiro atoms. The molecule has 93 heavy (non-hydrogen) atoms. The molecule has 3 aliphatic rings. The number of pyridine rings is 5. The topological polar surface area (TPSA) is 19.4 Å². The van der Waals surface area contributed by atoms with Crippen LogP contribution in [0.1, 0.15) is 199 Å². The van der Waals surface area contributed by atoms with Gasteiger partial charge in [-0.25, -0.2) is 13.7 Å². The zero-order chi connectivity index (χ0) is 76.0. The number of benzene rings is 5. The van der Waals surface area contributed by atoms with Crippen LogP contribution in [0.4, 0.5) is 0 Å². The molecule has 0 amide bonds. The van der Waals surface area contributed by atoms with Gasteiger partial charge >= 0.3 is 0 Å². The smallest absolute Gasteiger partial charge is 0.201 e. The Morgan fingerprint density at radius 3 is 1.12 bits per heavy atom. The first kappa shape index (κ1) is 55.3. The summed E-state index contributed by atoms with van der Waals surface area (Å²) in [6.45, 7) is 14.2. The second-order valence-corrected chi connectivity index (χ2v) is 26.6. The van der Waals surface area contributed by atoms with Gasteiger partial charge in [0.1, 0.15) is 35.2 Å². The molecule has 0 radical (unpaired) electrons. The molecule has 5 aromatic heterocycles. The van der Waals surface area contributed by atoms with E-state index in [9.17, 15) is 0 Å². The van der Waals surface area contributed by atoms with E-state index in [1.54, 1.807) is 22.4 Å². The summed E-state index contributed by atoms with van der Waals surface area (Å²) in [6, 6.07) is 53.7. The van der Waals surface area contributed by atoms with Crippen LogP contribution < -0.4 is 22.8 Å². The number of aryl methyl sites for hydroxylation is 14. The van der Waals surface area contributed by atoms with Gasteiger partial charge in [-0.2, -0.15) is 9.13 Å². The van der Waals surface area contributed by atoms with Crippen LogP contribution in [0.3, 0.4) is 0 Å². The van der Waals surface area contributed by atoms with E-state index >= 15 is 0 Å². The predicted molar refractivity (Wildman–Crippen MR) is 390 cm³/mol. The van der Waals surface area contributed by atoms with Crippen molar-refractivity contribution in [2.75, 3.05) is 0 Å². The highest BCUT2D eigenvalue weighted by atomic mass is 15.0. The monoisotopic (exact) mass is 1250 g/mol. The number of hydrogen-bond donors (Lipinski definition) is 0. The van der Waals surface area contributed by atoms with Gasteiger partial charge < -0.3 is 0 Å². The molecule has 5 heteroatoms. The maximum Gasteiger partial charge on any atom is 0.212 e. The molecule has 5 heterocycles. The fourth-order valence-corrected chi connectivity index (χ4v) is 14.1. The Bertz CT molecular complexity index is 4700. The highest BCUT2D eigenvalue weighted by Crippen LogP contribution is 2.39. The van der Waals surface area contributed by atoms with E-state index in [0.717, 1.165) is 106 Å². The van der Waals surface area contributed by atoms with Gasteiger partial charge in [-0.3, -0.25) is 0 Å². The molecule has 0 saturated heterocycles. The first-order valence-corrected chi connectivity index (χ1v) is 33.8. The highest BCUT2D eigenvalue weighted by molar-refractivity contribution is 5.65. The summed E-state index contributed by atoms with van der Waals surface area (Å²) in [4.78, 5) is 0. The average Bonchev–Trinajstić information content (AvgIpc) is 1.05. The van der Waals surface area contributed by atoms with Crippen LogP contribution >= 0.6 is 0 Å². The molecular formula is C88H110N5+5. The fourth-order valence-electron chi connectivity index (χ4n) is 14.1. The standard InChI is InChI=1S/3C19H24N.C16H20N.C15H18N/c1-14-8-4-7-11-17(14)19-12-18(15(2)13-20(19)3)16-9-5-6-10-16;2*1-14-8-4-7-11-17(14)19-12-15(2)18(13-20(19)3)16-9-5-6-10-16;1-11-8-6-7-9-15(11)16-10-12(2)13(3)14(4)17(16)5;1-11-9-13(3)16(4)15(10-11)14-8-6-5-7-12(14)2/h3*4,7-8,11-13,16H,5-6,9-10H2,1-3H3;6-10H,1-5H3;5-10H,1-4H3/q5*+1/i2D3,16D;16D;;2*3D3. The molecule has 13 rings (SSSR count). The lowest BCUT2D eigenvalue weighted by molar-refractivity contribution is -0.667. The lowest BCUT2D eigenvalue weighted by Gasteiger charge is -2.14. The Morgan fingerprint density at radius 2 is 0.688 bits per heavy atom. The summed E-state index contributed by atoms with van der Waals surface area (Å²) in [7, 11) is 9.89. The van der Waals surface area contributed by atoms with Crippen molar-refractivity contribution in [3.63, 3.8) is 0 Å². The van der Waals surface area contributed by atoms with Crippen molar-refractivity contribution >= 4 is 0 Å². The largest absolute Gasteiger partial charge is 0.212 e. The van der Waals surface area contributed by atoms with Gasteiger partial charge in [-0.15, -0.1) is 0 Å². The lowest BCUT2D eigenvalue weighted by atomic mass is 9.92.